The van der Waals surface area contributed by atoms with E-state index in [2.05, 4.69) is 0 Å². The third-order valence-electron chi connectivity index (χ3n) is 4.53. The largest absolute Gasteiger partial charge is 0.393 e. The van der Waals surface area contributed by atoms with Gasteiger partial charge in [0.05, 0.1) is 16.6 Å². The lowest BCUT2D eigenvalue weighted by atomic mass is 10.1. The molecular formula is C17H16F2N4O5S. The lowest BCUT2D eigenvalue weighted by molar-refractivity contribution is -0.384. The van der Waals surface area contributed by atoms with Crippen molar-refractivity contribution in [2.45, 2.75) is 4.90 Å². The minimum atomic E-state index is -4.09. The van der Waals surface area contributed by atoms with Crippen LogP contribution in [-0.2, 0) is 10.0 Å². The number of piperazine rings is 1. The van der Waals surface area contributed by atoms with Crippen molar-refractivity contribution >= 4 is 27.3 Å². The van der Waals surface area contributed by atoms with Crippen LogP contribution < -0.4 is 5.73 Å². The molecule has 0 atom stereocenters. The van der Waals surface area contributed by atoms with Gasteiger partial charge in [-0.05, 0) is 18.2 Å². The van der Waals surface area contributed by atoms with Gasteiger partial charge in [-0.3, -0.25) is 14.9 Å². The van der Waals surface area contributed by atoms with E-state index in [1.807, 2.05) is 0 Å². The van der Waals surface area contributed by atoms with Crippen molar-refractivity contribution in [1.29, 1.82) is 0 Å². The molecule has 1 heterocycles. The number of nitrogens with two attached hydrogens (primary N) is 1. The van der Waals surface area contributed by atoms with E-state index in [-0.39, 0.29) is 31.7 Å². The van der Waals surface area contributed by atoms with Crippen LogP contribution in [0, 0.1) is 21.7 Å². The van der Waals surface area contributed by atoms with E-state index in [4.69, 9.17) is 5.73 Å². The van der Waals surface area contributed by atoms with Gasteiger partial charge in [0.25, 0.3) is 11.6 Å². The van der Waals surface area contributed by atoms with Gasteiger partial charge < -0.3 is 10.6 Å². The molecule has 1 saturated heterocycles. The highest BCUT2D eigenvalue weighted by atomic mass is 32.2. The number of nitrogen functional groups attached to an aromatic ring is 1. The molecule has 3 rings (SSSR count). The highest BCUT2D eigenvalue weighted by Crippen LogP contribution is 2.28. The molecule has 1 aliphatic rings. The number of carbonyl (C=O) groups is 1. The van der Waals surface area contributed by atoms with Gasteiger partial charge in [-0.15, -0.1) is 0 Å². The van der Waals surface area contributed by atoms with Crippen LogP contribution in [0.5, 0.6) is 0 Å². The monoisotopic (exact) mass is 426 g/mol. The molecule has 2 aromatic carbocycles. The summed E-state index contributed by atoms with van der Waals surface area (Å²) in [5.41, 5.74) is 4.08. The summed E-state index contributed by atoms with van der Waals surface area (Å²) < 4.78 is 53.8. The third kappa shape index (κ3) is 3.89. The maximum atomic E-state index is 13.9. The summed E-state index contributed by atoms with van der Waals surface area (Å²) >= 11 is 0. The number of nitrogens with zero attached hydrogens (tertiary/aromatic N) is 3. The van der Waals surface area contributed by atoms with Crippen molar-refractivity contribution in [3.8, 4) is 0 Å². The molecule has 29 heavy (non-hydrogen) atoms. The number of nitro benzene ring substituents is 1. The molecule has 0 aromatic heterocycles. The van der Waals surface area contributed by atoms with E-state index >= 15 is 0 Å². The molecular weight excluding hydrogens is 410 g/mol. The first-order chi connectivity index (χ1) is 13.6. The number of anilines is 1. The third-order valence-corrected chi connectivity index (χ3v) is 6.46. The zero-order valence-corrected chi connectivity index (χ0v) is 15.7. The van der Waals surface area contributed by atoms with Gasteiger partial charge in [0, 0.05) is 26.2 Å². The molecule has 1 fully saturated rings. The Morgan fingerprint density at radius 3 is 2.31 bits per heavy atom. The molecule has 154 valence electrons. The Morgan fingerprint density at radius 2 is 1.72 bits per heavy atom. The Labute approximate surface area is 164 Å². The number of benzene rings is 2. The van der Waals surface area contributed by atoms with Crippen molar-refractivity contribution in [3.63, 3.8) is 0 Å². The average molecular weight is 426 g/mol. The molecule has 2 N–H and O–H groups in total. The summed E-state index contributed by atoms with van der Waals surface area (Å²) in [4.78, 5) is 23.5. The van der Waals surface area contributed by atoms with Crippen LogP contribution in [0.2, 0.25) is 0 Å². The summed E-state index contributed by atoms with van der Waals surface area (Å²) in [6.07, 6.45) is 0. The first-order valence-electron chi connectivity index (χ1n) is 8.40. The molecule has 2 aromatic rings. The second-order valence-corrected chi connectivity index (χ2v) is 8.18. The van der Waals surface area contributed by atoms with Crippen LogP contribution in [0.4, 0.5) is 20.2 Å². The van der Waals surface area contributed by atoms with E-state index in [1.165, 1.54) is 17.0 Å². The van der Waals surface area contributed by atoms with Crippen LogP contribution in [0.3, 0.4) is 0 Å². The predicted octanol–water partition coefficient (Wildman–Crippen LogP) is 1.60. The Bertz CT molecular complexity index is 1090. The van der Waals surface area contributed by atoms with Crippen molar-refractivity contribution in [1.82, 2.24) is 9.21 Å². The Hall–Kier alpha value is -3.12. The van der Waals surface area contributed by atoms with E-state index in [0.717, 1.165) is 22.5 Å². The topological polar surface area (TPSA) is 127 Å². The highest BCUT2D eigenvalue weighted by molar-refractivity contribution is 7.89. The van der Waals surface area contributed by atoms with Gasteiger partial charge in [-0.2, -0.15) is 4.31 Å². The zero-order chi connectivity index (χ0) is 21.3. The lowest BCUT2D eigenvalue weighted by Gasteiger charge is -2.34. The number of hydrogen-bond acceptors (Lipinski definition) is 6. The maximum Gasteiger partial charge on any atom is 0.295 e. The van der Waals surface area contributed by atoms with Gasteiger partial charge in [0.1, 0.15) is 22.2 Å². The van der Waals surface area contributed by atoms with Crippen LogP contribution in [0.25, 0.3) is 0 Å². The smallest absolute Gasteiger partial charge is 0.295 e. The normalized spacial score (nSPS) is 15.3. The van der Waals surface area contributed by atoms with Gasteiger partial charge in [0.15, 0.2) is 0 Å². The summed E-state index contributed by atoms with van der Waals surface area (Å²) in [7, 11) is -4.09. The number of rotatable bonds is 4. The van der Waals surface area contributed by atoms with Crippen LogP contribution in [-0.4, -0.2) is 54.6 Å². The number of carbonyl (C=O) groups excluding carboxylic acids is 1. The van der Waals surface area contributed by atoms with Crippen LogP contribution in [0.15, 0.2) is 41.3 Å². The summed E-state index contributed by atoms with van der Waals surface area (Å²) in [6.45, 7) is -0.397. The fraction of sp³-hybridized carbons (Fsp3) is 0.235. The van der Waals surface area contributed by atoms with Crippen molar-refractivity contribution in [2.24, 2.45) is 0 Å². The van der Waals surface area contributed by atoms with Gasteiger partial charge in [0.2, 0.25) is 10.0 Å². The molecule has 0 bridgehead atoms. The molecule has 0 spiro atoms. The Morgan fingerprint density at radius 1 is 1.10 bits per heavy atom. The first-order valence-corrected chi connectivity index (χ1v) is 9.84. The molecule has 1 amide bonds. The van der Waals surface area contributed by atoms with Crippen molar-refractivity contribution in [3.05, 3.63) is 63.7 Å². The van der Waals surface area contributed by atoms with E-state index in [1.54, 1.807) is 0 Å². The van der Waals surface area contributed by atoms with E-state index in [9.17, 15) is 32.1 Å². The van der Waals surface area contributed by atoms with Gasteiger partial charge in [-0.1, -0.05) is 12.1 Å². The van der Waals surface area contributed by atoms with Gasteiger partial charge >= 0.3 is 0 Å². The fourth-order valence-electron chi connectivity index (χ4n) is 3.03. The van der Waals surface area contributed by atoms with Crippen LogP contribution >= 0.6 is 0 Å². The van der Waals surface area contributed by atoms with Gasteiger partial charge in [-0.25, -0.2) is 17.2 Å². The predicted molar refractivity (Wildman–Crippen MR) is 98.5 cm³/mol. The quantitative estimate of drug-likeness (QED) is 0.450. The van der Waals surface area contributed by atoms with Crippen molar-refractivity contribution < 1.29 is 26.9 Å². The summed E-state index contributed by atoms with van der Waals surface area (Å²) in [5, 5.41) is 11.0. The number of amides is 1. The van der Waals surface area contributed by atoms with Crippen molar-refractivity contribution in [2.75, 3.05) is 31.9 Å². The van der Waals surface area contributed by atoms with Crippen LogP contribution in [0.1, 0.15) is 10.4 Å². The standard InChI is InChI=1S/C17H16F2N4O5S/c18-11-9-12(16(20)14(10-11)23(25)26)17(24)21-5-7-22(8-6-21)29(27,28)15-4-2-1-3-13(15)19/h1-4,9-10H,5-8,20H2. The second-order valence-electron chi connectivity index (χ2n) is 6.27. The number of halogens is 2. The van der Waals surface area contributed by atoms with E-state index in [0.29, 0.717) is 6.07 Å². The molecule has 0 unspecified atom stereocenters. The minimum absolute atomic E-state index is 0.0731. The molecule has 9 nitrogen and oxygen atoms in total. The molecule has 0 aliphatic carbocycles. The molecule has 0 radical (unpaired) electrons. The molecule has 1 aliphatic heterocycles. The highest BCUT2D eigenvalue weighted by Gasteiger charge is 2.33. The minimum Gasteiger partial charge on any atom is -0.393 e. The fourth-order valence-corrected chi connectivity index (χ4v) is 4.51. The SMILES string of the molecule is Nc1c(C(=O)N2CCN(S(=O)(=O)c3ccccc3F)CC2)cc(F)cc1[N+](=O)[O-]. The Balaban J connectivity index is 1.79. The summed E-state index contributed by atoms with van der Waals surface area (Å²) in [5.74, 6) is -2.63. The van der Waals surface area contributed by atoms with E-state index < -0.39 is 48.8 Å². The lowest BCUT2D eigenvalue weighted by Crippen LogP contribution is -2.50. The number of nitro groups is 1. The Kier molecular flexibility index (Phi) is 5.48. The molecule has 12 heteroatoms. The number of hydrogen-bond donors (Lipinski definition) is 1. The average Bonchev–Trinajstić information content (AvgIpc) is 2.69. The number of sulfonamides is 1. The summed E-state index contributed by atoms with van der Waals surface area (Å²) in [6, 6.07) is 6.36. The molecule has 0 saturated carbocycles. The second kappa shape index (κ2) is 7.72. The first kappa shape index (κ1) is 20.6. The zero-order valence-electron chi connectivity index (χ0n) is 14.9. The maximum absolute atomic E-state index is 13.9.